The van der Waals surface area contributed by atoms with Gasteiger partial charge in [0.05, 0.1) is 5.25 Å². The summed E-state index contributed by atoms with van der Waals surface area (Å²) in [5.74, 6) is 1.72. The van der Waals surface area contributed by atoms with E-state index in [2.05, 4.69) is 33.9 Å². The van der Waals surface area contributed by atoms with Crippen molar-refractivity contribution in [3.8, 4) is 0 Å². The van der Waals surface area contributed by atoms with Crippen molar-refractivity contribution in [1.82, 2.24) is 20.1 Å². The number of hydrogen-bond acceptors (Lipinski definition) is 4. The van der Waals surface area contributed by atoms with Crippen LogP contribution in [0.2, 0.25) is 0 Å². The van der Waals surface area contributed by atoms with E-state index in [0.29, 0.717) is 5.92 Å². The Hall–Kier alpha value is -1.04. The fourth-order valence-electron chi connectivity index (χ4n) is 2.06. The van der Waals surface area contributed by atoms with Gasteiger partial charge in [-0.2, -0.15) is 0 Å². The van der Waals surface area contributed by atoms with Gasteiger partial charge in [-0.25, -0.2) is 0 Å². The van der Waals surface area contributed by atoms with Gasteiger partial charge in [0.2, 0.25) is 5.91 Å². The first-order chi connectivity index (χ1) is 9.88. The molecule has 118 valence electrons. The zero-order chi connectivity index (χ0) is 15.6. The fraction of sp³-hybridized carbons (Fsp3) is 0.800. The average molecular weight is 310 g/mol. The molecule has 0 saturated heterocycles. The zero-order valence-corrected chi connectivity index (χ0v) is 14.5. The summed E-state index contributed by atoms with van der Waals surface area (Å²) >= 11 is 1.50. The van der Waals surface area contributed by atoms with Crippen molar-refractivity contribution in [2.45, 2.75) is 82.3 Å². The topological polar surface area (TPSA) is 59.8 Å². The van der Waals surface area contributed by atoms with Gasteiger partial charge in [-0.3, -0.25) is 4.79 Å². The van der Waals surface area contributed by atoms with Crippen LogP contribution in [-0.4, -0.2) is 31.5 Å². The Morgan fingerprint density at radius 2 is 2.10 bits per heavy atom. The molecule has 1 aliphatic carbocycles. The lowest BCUT2D eigenvalue weighted by Gasteiger charge is -2.26. The van der Waals surface area contributed by atoms with E-state index in [0.717, 1.165) is 23.9 Å². The number of amides is 1. The summed E-state index contributed by atoms with van der Waals surface area (Å²) in [6.07, 6.45) is 3.33. The molecule has 1 atom stereocenters. The molecule has 0 radical (unpaired) electrons. The van der Waals surface area contributed by atoms with Crippen LogP contribution in [0.3, 0.4) is 0 Å². The SMILES string of the molecule is CCn1c(SC(C)C(=O)NC(C)(C)CC)nnc1C1CC1. The summed E-state index contributed by atoms with van der Waals surface area (Å²) < 4.78 is 2.15. The van der Waals surface area contributed by atoms with Gasteiger partial charge in [0, 0.05) is 18.0 Å². The summed E-state index contributed by atoms with van der Waals surface area (Å²) in [4.78, 5) is 12.3. The van der Waals surface area contributed by atoms with Crippen molar-refractivity contribution in [1.29, 1.82) is 0 Å². The Morgan fingerprint density at radius 1 is 1.43 bits per heavy atom. The van der Waals surface area contributed by atoms with E-state index in [9.17, 15) is 4.79 Å². The van der Waals surface area contributed by atoms with Crippen LogP contribution < -0.4 is 5.32 Å². The first-order valence-corrected chi connectivity index (χ1v) is 8.67. The monoisotopic (exact) mass is 310 g/mol. The van der Waals surface area contributed by atoms with E-state index < -0.39 is 0 Å². The van der Waals surface area contributed by atoms with Crippen molar-refractivity contribution < 1.29 is 4.79 Å². The third-order valence-electron chi connectivity index (χ3n) is 4.00. The highest BCUT2D eigenvalue weighted by molar-refractivity contribution is 8.00. The van der Waals surface area contributed by atoms with Gasteiger partial charge >= 0.3 is 0 Å². The minimum atomic E-state index is -0.169. The van der Waals surface area contributed by atoms with E-state index in [4.69, 9.17) is 0 Å². The summed E-state index contributed by atoms with van der Waals surface area (Å²) in [6.45, 7) is 11.1. The minimum absolute atomic E-state index is 0.0606. The van der Waals surface area contributed by atoms with Gasteiger partial charge in [-0.15, -0.1) is 10.2 Å². The summed E-state index contributed by atoms with van der Waals surface area (Å²) in [5.41, 5.74) is -0.163. The number of carbonyl (C=O) groups excluding carboxylic acids is 1. The highest BCUT2D eigenvalue weighted by Crippen LogP contribution is 2.40. The van der Waals surface area contributed by atoms with E-state index >= 15 is 0 Å². The number of rotatable bonds is 7. The first-order valence-electron chi connectivity index (χ1n) is 7.79. The van der Waals surface area contributed by atoms with Gasteiger partial charge in [-0.05, 0) is 47.0 Å². The molecule has 1 aromatic heterocycles. The lowest BCUT2D eigenvalue weighted by atomic mass is 10.0. The summed E-state index contributed by atoms with van der Waals surface area (Å²) in [6, 6.07) is 0. The lowest BCUT2D eigenvalue weighted by Crippen LogP contribution is -2.46. The molecule has 1 unspecified atom stereocenters. The van der Waals surface area contributed by atoms with Gasteiger partial charge in [0.15, 0.2) is 5.16 Å². The number of nitrogens with zero attached hydrogens (tertiary/aromatic N) is 3. The molecule has 0 aliphatic heterocycles. The van der Waals surface area contributed by atoms with Crippen molar-refractivity contribution in [2.24, 2.45) is 0 Å². The quantitative estimate of drug-likeness (QED) is 0.787. The molecular weight excluding hydrogens is 284 g/mol. The van der Waals surface area contributed by atoms with Crippen LogP contribution in [0.1, 0.15) is 65.6 Å². The minimum Gasteiger partial charge on any atom is -0.350 e. The number of thioether (sulfide) groups is 1. The number of aromatic nitrogens is 3. The number of carbonyl (C=O) groups is 1. The maximum Gasteiger partial charge on any atom is 0.233 e. The second kappa shape index (κ2) is 6.38. The zero-order valence-electron chi connectivity index (χ0n) is 13.6. The van der Waals surface area contributed by atoms with Crippen LogP contribution in [0.4, 0.5) is 0 Å². The molecule has 0 bridgehead atoms. The molecule has 5 nitrogen and oxygen atoms in total. The van der Waals surface area contributed by atoms with Crippen LogP contribution in [0, 0.1) is 0 Å². The molecule has 1 fully saturated rings. The van der Waals surface area contributed by atoms with Crippen LogP contribution >= 0.6 is 11.8 Å². The van der Waals surface area contributed by atoms with Crippen molar-refractivity contribution in [2.75, 3.05) is 0 Å². The third-order valence-corrected chi connectivity index (χ3v) is 5.08. The Bertz CT molecular complexity index is 508. The highest BCUT2D eigenvalue weighted by atomic mass is 32.2. The molecule has 21 heavy (non-hydrogen) atoms. The Morgan fingerprint density at radius 3 is 2.62 bits per heavy atom. The molecule has 1 heterocycles. The largest absolute Gasteiger partial charge is 0.350 e. The lowest BCUT2D eigenvalue weighted by molar-refractivity contribution is -0.121. The van der Waals surface area contributed by atoms with Crippen LogP contribution in [0.5, 0.6) is 0 Å². The Labute approximate surface area is 131 Å². The van der Waals surface area contributed by atoms with Gasteiger partial charge in [-0.1, -0.05) is 18.7 Å². The Kier molecular flexibility index (Phi) is 4.96. The molecule has 1 saturated carbocycles. The number of hydrogen-bond donors (Lipinski definition) is 1. The van der Waals surface area contributed by atoms with Gasteiger partial charge in [0.1, 0.15) is 5.82 Å². The Balaban J connectivity index is 2.02. The van der Waals surface area contributed by atoms with Gasteiger partial charge in [0.25, 0.3) is 0 Å². The maximum absolute atomic E-state index is 12.3. The molecular formula is C15H26N4OS. The summed E-state index contributed by atoms with van der Waals surface area (Å²) in [5, 5.41) is 12.4. The van der Waals surface area contributed by atoms with E-state index in [-0.39, 0.29) is 16.7 Å². The predicted molar refractivity (Wildman–Crippen MR) is 85.5 cm³/mol. The van der Waals surface area contributed by atoms with Crippen molar-refractivity contribution >= 4 is 17.7 Å². The second-order valence-electron chi connectivity index (χ2n) is 6.35. The predicted octanol–water partition coefficient (Wildman–Crippen LogP) is 2.96. The molecule has 1 amide bonds. The van der Waals surface area contributed by atoms with Crippen LogP contribution in [0.15, 0.2) is 5.16 Å². The first kappa shape index (κ1) is 16.3. The molecule has 0 spiro atoms. The molecule has 6 heteroatoms. The average Bonchev–Trinajstić information content (AvgIpc) is 3.20. The molecule has 1 N–H and O–H groups in total. The molecule has 1 aromatic rings. The fourth-order valence-corrected chi connectivity index (χ4v) is 2.98. The van der Waals surface area contributed by atoms with E-state index in [1.54, 1.807) is 0 Å². The van der Waals surface area contributed by atoms with Gasteiger partial charge < -0.3 is 9.88 Å². The van der Waals surface area contributed by atoms with Crippen molar-refractivity contribution in [3.05, 3.63) is 5.82 Å². The third kappa shape index (κ3) is 3.99. The van der Waals surface area contributed by atoms with E-state index in [1.807, 2.05) is 20.8 Å². The second-order valence-corrected chi connectivity index (χ2v) is 7.65. The van der Waals surface area contributed by atoms with Crippen LogP contribution in [-0.2, 0) is 11.3 Å². The highest BCUT2D eigenvalue weighted by Gasteiger charge is 2.31. The van der Waals surface area contributed by atoms with Crippen LogP contribution in [0.25, 0.3) is 0 Å². The molecule has 2 rings (SSSR count). The van der Waals surface area contributed by atoms with Crippen molar-refractivity contribution in [3.63, 3.8) is 0 Å². The molecule has 0 aromatic carbocycles. The standard InChI is InChI=1S/C15H26N4OS/c1-6-15(4,5)16-13(20)10(3)21-14-18-17-12(11-8-9-11)19(14)7-2/h10-11H,6-9H2,1-5H3,(H,16,20). The van der Waals surface area contributed by atoms with E-state index in [1.165, 1.54) is 24.6 Å². The molecule has 1 aliphatic rings. The summed E-state index contributed by atoms with van der Waals surface area (Å²) in [7, 11) is 0. The maximum atomic E-state index is 12.3. The number of nitrogens with one attached hydrogen (secondary N) is 1. The smallest absolute Gasteiger partial charge is 0.233 e. The normalized spacial score (nSPS) is 16.8.